The third kappa shape index (κ3) is 4.46. The van der Waals surface area contributed by atoms with Gasteiger partial charge in [0.05, 0.1) is 25.0 Å². The van der Waals surface area contributed by atoms with Gasteiger partial charge in [-0.15, -0.1) is 6.42 Å². The van der Waals surface area contributed by atoms with E-state index in [0.29, 0.717) is 37.1 Å². The molecule has 0 aromatic carbocycles. The number of terminal acetylenes is 1. The van der Waals surface area contributed by atoms with Crippen molar-refractivity contribution < 1.29 is 23.8 Å². The summed E-state index contributed by atoms with van der Waals surface area (Å²) in [5.41, 5.74) is -0.141. The highest BCUT2D eigenvalue weighted by Crippen LogP contribution is 2.35. The SMILES string of the molecule is C#C[C@@]1(CO)CCC(CC2C=Nc3c(nc(F)nc3NC(=O)OCC)CC2)O1. The molecule has 0 bridgehead atoms. The highest BCUT2D eigenvalue weighted by atomic mass is 19.1. The Bertz CT molecular complexity index is 810. The van der Waals surface area contributed by atoms with Crippen molar-refractivity contribution in [2.45, 2.75) is 50.7 Å². The van der Waals surface area contributed by atoms with Crippen LogP contribution in [-0.4, -0.2) is 52.3 Å². The number of nitrogens with zero attached hydrogens (tertiary/aromatic N) is 3. The predicted molar refractivity (Wildman–Crippen MR) is 100.0 cm³/mol. The number of aliphatic hydroxyl groups excluding tert-OH is 1. The first-order valence-electron chi connectivity index (χ1n) is 9.29. The van der Waals surface area contributed by atoms with Crippen molar-refractivity contribution in [2.24, 2.45) is 10.9 Å². The summed E-state index contributed by atoms with van der Waals surface area (Å²) in [6, 6.07) is 0. The number of fused-ring (bicyclic) bond motifs is 1. The fourth-order valence-corrected chi connectivity index (χ4v) is 3.49. The van der Waals surface area contributed by atoms with Gasteiger partial charge in [0, 0.05) is 6.21 Å². The van der Waals surface area contributed by atoms with Gasteiger partial charge in [-0.1, -0.05) is 5.92 Å². The Labute approximate surface area is 162 Å². The molecule has 9 heteroatoms. The number of ether oxygens (including phenoxy) is 2. The van der Waals surface area contributed by atoms with Crippen molar-refractivity contribution in [3.8, 4) is 12.3 Å². The van der Waals surface area contributed by atoms with Crippen LogP contribution in [0.25, 0.3) is 0 Å². The lowest BCUT2D eigenvalue weighted by Gasteiger charge is -2.22. The monoisotopic (exact) mass is 390 g/mol. The molecule has 28 heavy (non-hydrogen) atoms. The summed E-state index contributed by atoms with van der Waals surface area (Å²) in [5, 5.41) is 11.9. The zero-order valence-electron chi connectivity index (χ0n) is 15.7. The Kier molecular flexibility index (Phi) is 6.21. The van der Waals surface area contributed by atoms with Crippen LogP contribution in [0.5, 0.6) is 0 Å². The number of amides is 1. The molecule has 2 aliphatic heterocycles. The summed E-state index contributed by atoms with van der Waals surface area (Å²) in [7, 11) is 0. The topological polar surface area (TPSA) is 106 Å². The maximum atomic E-state index is 13.8. The maximum absolute atomic E-state index is 13.8. The van der Waals surface area contributed by atoms with Crippen LogP contribution in [0.15, 0.2) is 4.99 Å². The van der Waals surface area contributed by atoms with Crippen LogP contribution in [0.1, 0.15) is 38.3 Å². The highest BCUT2D eigenvalue weighted by molar-refractivity contribution is 5.88. The normalized spacial score (nSPS) is 26.2. The molecule has 0 radical (unpaired) electrons. The van der Waals surface area contributed by atoms with E-state index in [0.717, 1.165) is 6.42 Å². The van der Waals surface area contributed by atoms with Gasteiger partial charge in [-0.05, 0) is 44.9 Å². The van der Waals surface area contributed by atoms with Crippen LogP contribution in [0.4, 0.5) is 20.7 Å². The van der Waals surface area contributed by atoms with Crippen molar-refractivity contribution in [1.29, 1.82) is 0 Å². The van der Waals surface area contributed by atoms with Crippen molar-refractivity contribution >= 4 is 23.8 Å². The average Bonchev–Trinajstić information content (AvgIpc) is 2.97. The lowest BCUT2D eigenvalue weighted by Crippen LogP contribution is -2.32. The Hall–Kier alpha value is -2.57. The zero-order valence-corrected chi connectivity index (χ0v) is 15.7. The molecule has 3 heterocycles. The number of hydrogen-bond acceptors (Lipinski definition) is 7. The molecule has 1 aromatic rings. The minimum atomic E-state index is -0.930. The van der Waals surface area contributed by atoms with Crippen LogP contribution < -0.4 is 5.32 Å². The lowest BCUT2D eigenvalue weighted by atomic mass is 9.95. The number of aromatic nitrogens is 2. The number of aliphatic imine (C=N–C) groups is 1. The molecular weight excluding hydrogens is 367 g/mol. The van der Waals surface area contributed by atoms with Gasteiger partial charge < -0.3 is 14.6 Å². The molecule has 8 nitrogen and oxygen atoms in total. The molecule has 3 atom stereocenters. The van der Waals surface area contributed by atoms with Crippen LogP contribution in [-0.2, 0) is 15.9 Å². The molecule has 1 amide bonds. The van der Waals surface area contributed by atoms with E-state index in [9.17, 15) is 14.3 Å². The molecule has 0 spiro atoms. The number of halogens is 1. The first-order chi connectivity index (χ1) is 13.5. The number of nitrogens with one attached hydrogen (secondary N) is 1. The Morgan fingerprint density at radius 2 is 2.36 bits per heavy atom. The molecule has 0 saturated carbocycles. The van der Waals surface area contributed by atoms with E-state index in [4.69, 9.17) is 15.9 Å². The average molecular weight is 390 g/mol. The molecule has 0 aliphatic carbocycles. The molecule has 1 saturated heterocycles. The van der Waals surface area contributed by atoms with Gasteiger partial charge in [0.2, 0.25) is 0 Å². The van der Waals surface area contributed by atoms with Gasteiger partial charge in [0.1, 0.15) is 5.69 Å². The largest absolute Gasteiger partial charge is 0.450 e. The third-order valence-electron chi connectivity index (χ3n) is 4.94. The summed E-state index contributed by atoms with van der Waals surface area (Å²) in [6.45, 7) is 1.64. The van der Waals surface area contributed by atoms with Crippen molar-refractivity contribution in [1.82, 2.24) is 9.97 Å². The van der Waals surface area contributed by atoms with Gasteiger partial charge in [0.15, 0.2) is 11.4 Å². The summed E-state index contributed by atoms with van der Waals surface area (Å²) in [5.74, 6) is 2.59. The number of carbonyl (C=O) groups is 1. The van der Waals surface area contributed by atoms with Crippen molar-refractivity contribution in [2.75, 3.05) is 18.5 Å². The minimum Gasteiger partial charge on any atom is -0.450 e. The predicted octanol–water partition coefficient (Wildman–Crippen LogP) is 2.38. The van der Waals surface area contributed by atoms with Crippen LogP contribution in [0.3, 0.4) is 0 Å². The number of anilines is 1. The third-order valence-corrected chi connectivity index (χ3v) is 4.94. The summed E-state index contributed by atoms with van der Waals surface area (Å²) in [4.78, 5) is 23.6. The first-order valence-corrected chi connectivity index (χ1v) is 9.29. The maximum Gasteiger partial charge on any atom is 0.412 e. The van der Waals surface area contributed by atoms with E-state index in [1.807, 2.05) is 0 Å². The Morgan fingerprint density at radius 1 is 1.54 bits per heavy atom. The molecule has 2 unspecified atom stereocenters. The molecule has 2 aliphatic rings. The Balaban J connectivity index is 1.72. The number of hydrogen-bond donors (Lipinski definition) is 2. The van der Waals surface area contributed by atoms with E-state index in [1.54, 1.807) is 13.1 Å². The van der Waals surface area contributed by atoms with Gasteiger partial charge >= 0.3 is 12.2 Å². The van der Waals surface area contributed by atoms with E-state index in [-0.39, 0.29) is 31.1 Å². The quantitative estimate of drug-likeness (QED) is 0.591. The highest BCUT2D eigenvalue weighted by Gasteiger charge is 2.39. The van der Waals surface area contributed by atoms with Gasteiger partial charge in [-0.3, -0.25) is 10.3 Å². The smallest absolute Gasteiger partial charge is 0.412 e. The molecule has 1 aromatic heterocycles. The van der Waals surface area contributed by atoms with Crippen molar-refractivity contribution in [3.63, 3.8) is 0 Å². The van der Waals surface area contributed by atoms with Crippen LogP contribution in [0.2, 0.25) is 0 Å². The van der Waals surface area contributed by atoms with Crippen molar-refractivity contribution in [3.05, 3.63) is 11.8 Å². The second-order valence-electron chi connectivity index (χ2n) is 6.87. The zero-order chi connectivity index (χ0) is 20.1. The number of aryl methyl sites for hydroxylation is 1. The molecule has 2 N–H and O–H groups in total. The molecule has 3 rings (SSSR count). The second-order valence-corrected chi connectivity index (χ2v) is 6.87. The van der Waals surface area contributed by atoms with Gasteiger partial charge in [0.25, 0.3) is 0 Å². The Morgan fingerprint density at radius 3 is 3.04 bits per heavy atom. The molecule has 150 valence electrons. The molecule has 1 fully saturated rings. The fourth-order valence-electron chi connectivity index (χ4n) is 3.49. The van der Waals surface area contributed by atoms with Gasteiger partial charge in [-0.2, -0.15) is 9.37 Å². The standard InChI is InChI=1S/C19H23FN4O4/c1-3-19(11-25)8-7-13(28-19)9-12-5-6-14-15(21-10-12)16(23-17(20)22-14)24-18(26)27-4-2/h1,10,12-13,25H,4-9,11H2,2H3,(H,22,23,24,26)/t12?,13?,19-/m0/s1. The minimum absolute atomic E-state index is 0.0124. The summed E-state index contributed by atoms with van der Waals surface area (Å²) >= 11 is 0. The fraction of sp³-hybridized carbons (Fsp3) is 0.579. The first kappa shape index (κ1) is 20.2. The lowest BCUT2D eigenvalue weighted by molar-refractivity contribution is -0.0392. The van der Waals surface area contributed by atoms with Crippen LogP contribution >= 0.6 is 0 Å². The molecular formula is C19H23FN4O4. The number of aliphatic hydroxyl groups is 1. The number of rotatable bonds is 5. The van der Waals surface area contributed by atoms with Gasteiger partial charge in [-0.25, -0.2) is 9.78 Å². The van der Waals surface area contributed by atoms with E-state index < -0.39 is 17.8 Å². The number of carbonyl (C=O) groups excluding carboxylic acids is 1. The van der Waals surface area contributed by atoms with E-state index in [2.05, 4.69) is 26.2 Å². The summed E-state index contributed by atoms with van der Waals surface area (Å²) < 4.78 is 24.5. The van der Waals surface area contributed by atoms with E-state index in [1.165, 1.54) is 0 Å². The second kappa shape index (κ2) is 8.63. The van der Waals surface area contributed by atoms with Crippen LogP contribution in [0, 0.1) is 24.3 Å². The van der Waals surface area contributed by atoms with E-state index >= 15 is 0 Å². The summed E-state index contributed by atoms with van der Waals surface area (Å²) in [6.07, 6.45) is 8.71.